The minimum Gasteiger partial charge on any atom is -0.302 e. The Bertz CT molecular complexity index is 149. The molecule has 0 radical (unpaired) electrons. The Hall–Kier alpha value is 0.110. The topological polar surface area (TPSA) is 20.3 Å². The minimum atomic E-state index is 0.0740. The first kappa shape index (κ1) is 9.20. The van der Waals surface area contributed by atoms with Crippen molar-refractivity contribution in [1.82, 2.24) is 4.90 Å². The zero-order valence-electron chi connectivity index (χ0n) is 6.85. The molecule has 1 unspecified atom stereocenters. The summed E-state index contributed by atoms with van der Waals surface area (Å²) in [4.78, 5) is 13.6. The molecule has 11 heavy (non-hydrogen) atoms. The molecular formula is C8H14BrNO. The lowest BCUT2D eigenvalue weighted by atomic mass is 10.2. The number of carbonyl (C=O) groups excluding carboxylic acids is 1. The summed E-state index contributed by atoms with van der Waals surface area (Å²) in [6, 6.07) is 0. The zero-order chi connectivity index (χ0) is 8.27. The molecule has 64 valence electrons. The molecule has 2 nitrogen and oxygen atoms in total. The number of hydrogen-bond donors (Lipinski definition) is 0. The van der Waals surface area contributed by atoms with Crippen molar-refractivity contribution in [3.63, 3.8) is 0 Å². The van der Waals surface area contributed by atoms with Gasteiger partial charge in [0.25, 0.3) is 0 Å². The molecule has 0 N–H and O–H groups in total. The fourth-order valence-electron chi connectivity index (χ4n) is 1.34. The summed E-state index contributed by atoms with van der Waals surface area (Å²) in [6.07, 6.45) is 1.77. The maximum absolute atomic E-state index is 11.2. The molecule has 0 aromatic rings. The van der Waals surface area contributed by atoms with Crippen LogP contribution < -0.4 is 0 Å². The summed E-state index contributed by atoms with van der Waals surface area (Å²) in [5.74, 6) is 0.362. The fraction of sp³-hybridized carbons (Fsp3) is 0.875. The lowest BCUT2D eigenvalue weighted by Crippen LogP contribution is -2.30. The van der Waals surface area contributed by atoms with E-state index in [1.54, 1.807) is 0 Å². The van der Waals surface area contributed by atoms with Crippen LogP contribution in [0.1, 0.15) is 19.8 Å². The van der Waals surface area contributed by atoms with Gasteiger partial charge in [0.15, 0.2) is 0 Å². The Labute approximate surface area is 76.1 Å². The van der Waals surface area contributed by atoms with E-state index < -0.39 is 0 Å². The largest absolute Gasteiger partial charge is 0.302 e. The molecule has 0 aliphatic carbocycles. The van der Waals surface area contributed by atoms with Gasteiger partial charge >= 0.3 is 0 Å². The summed E-state index contributed by atoms with van der Waals surface area (Å²) in [7, 11) is 0. The number of likely N-dealkylation sites (tertiary alicyclic amines) is 1. The summed E-state index contributed by atoms with van der Waals surface area (Å²) in [6.45, 7) is 5.14. The maximum atomic E-state index is 11.2. The van der Waals surface area contributed by atoms with E-state index in [0.717, 1.165) is 32.5 Å². The highest BCUT2D eigenvalue weighted by atomic mass is 79.9. The Morgan fingerprint density at radius 2 is 2.45 bits per heavy atom. The molecule has 1 saturated heterocycles. The predicted molar refractivity (Wildman–Crippen MR) is 49.1 cm³/mol. The summed E-state index contributed by atoms with van der Waals surface area (Å²) < 4.78 is 0. The number of hydrogen-bond acceptors (Lipinski definition) is 2. The lowest BCUT2D eigenvalue weighted by Gasteiger charge is -2.18. The monoisotopic (exact) mass is 219 g/mol. The summed E-state index contributed by atoms with van der Waals surface area (Å²) >= 11 is 3.39. The average Bonchev–Trinajstić information content (AvgIpc) is 2.15. The molecule has 1 heterocycles. The number of nitrogens with zero attached hydrogens (tertiary/aromatic N) is 1. The van der Waals surface area contributed by atoms with Crippen molar-refractivity contribution in [2.45, 2.75) is 24.6 Å². The van der Waals surface area contributed by atoms with E-state index in [2.05, 4.69) is 27.8 Å². The quantitative estimate of drug-likeness (QED) is 0.623. The van der Waals surface area contributed by atoms with Crippen LogP contribution in [-0.4, -0.2) is 35.1 Å². The third-order valence-electron chi connectivity index (χ3n) is 2.11. The highest BCUT2D eigenvalue weighted by molar-refractivity contribution is 9.10. The SMILES string of the molecule is CCN1CCCC(=O)C(Br)C1. The maximum Gasteiger partial charge on any atom is 0.147 e. The molecule has 1 fully saturated rings. The average molecular weight is 220 g/mol. The first-order chi connectivity index (χ1) is 5.24. The van der Waals surface area contributed by atoms with Crippen LogP contribution in [0.4, 0.5) is 0 Å². The molecule has 1 atom stereocenters. The van der Waals surface area contributed by atoms with Crippen LogP contribution in [0.15, 0.2) is 0 Å². The van der Waals surface area contributed by atoms with E-state index in [0.29, 0.717) is 5.78 Å². The highest BCUT2D eigenvalue weighted by Crippen LogP contribution is 2.13. The standard InChI is InChI=1S/C8H14BrNO/c1-2-10-5-3-4-8(11)7(9)6-10/h7H,2-6H2,1H3. The molecule has 0 bridgehead atoms. The van der Waals surface area contributed by atoms with Crippen molar-refractivity contribution < 1.29 is 4.79 Å². The van der Waals surface area contributed by atoms with E-state index in [9.17, 15) is 4.79 Å². The summed E-state index contributed by atoms with van der Waals surface area (Å²) in [5, 5.41) is 0. The van der Waals surface area contributed by atoms with E-state index in [-0.39, 0.29) is 4.83 Å². The number of alkyl halides is 1. The van der Waals surface area contributed by atoms with Gasteiger partial charge in [-0.1, -0.05) is 22.9 Å². The third kappa shape index (κ3) is 2.56. The Morgan fingerprint density at radius 1 is 1.73 bits per heavy atom. The minimum absolute atomic E-state index is 0.0740. The number of halogens is 1. The highest BCUT2D eigenvalue weighted by Gasteiger charge is 2.20. The summed E-state index contributed by atoms with van der Waals surface area (Å²) in [5.41, 5.74) is 0. The number of rotatable bonds is 1. The molecule has 0 spiro atoms. The van der Waals surface area contributed by atoms with Crippen LogP contribution in [0, 0.1) is 0 Å². The van der Waals surface area contributed by atoms with E-state index in [1.165, 1.54) is 0 Å². The molecule has 1 aliphatic heterocycles. The molecule has 0 saturated carbocycles. The van der Waals surface area contributed by atoms with Crippen molar-refractivity contribution in [3.8, 4) is 0 Å². The van der Waals surface area contributed by atoms with Crippen LogP contribution in [0.2, 0.25) is 0 Å². The van der Waals surface area contributed by atoms with E-state index >= 15 is 0 Å². The van der Waals surface area contributed by atoms with Crippen LogP contribution in [-0.2, 0) is 4.79 Å². The second-order valence-corrected chi connectivity index (χ2v) is 4.04. The number of ketones is 1. The normalized spacial score (nSPS) is 28.5. The Morgan fingerprint density at radius 3 is 3.09 bits per heavy atom. The number of carbonyl (C=O) groups is 1. The smallest absolute Gasteiger partial charge is 0.147 e. The Kier molecular flexibility index (Phi) is 3.52. The molecule has 1 rings (SSSR count). The molecule has 0 amide bonds. The third-order valence-corrected chi connectivity index (χ3v) is 2.91. The first-order valence-electron chi connectivity index (χ1n) is 4.13. The van der Waals surface area contributed by atoms with Gasteiger partial charge in [-0.3, -0.25) is 4.79 Å². The first-order valence-corrected chi connectivity index (χ1v) is 5.04. The molecule has 0 aromatic heterocycles. The zero-order valence-corrected chi connectivity index (χ0v) is 8.43. The van der Waals surface area contributed by atoms with Gasteiger partial charge in [0, 0.05) is 13.0 Å². The second kappa shape index (κ2) is 4.21. The van der Waals surface area contributed by atoms with Crippen LogP contribution >= 0.6 is 15.9 Å². The van der Waals surface area contributed by atoms with Crippen molar-refractivity contribution in [1.29, 1.82) is 0 Å². The van der Waals surface area contributed by atoms with E-state index in [1.807, 2.05) is 0 Å². The van der Waals surface area contributed by atoms with E-state index in [4.69, 9.17) is 0 Å². The van der Waals surface area contributed by atoms with Crippen molar-refractivity contribution in [3.05, 3.63) is 0 Å². The van der Waals surface area contributed by atoms with Crippen LogP contribution in [0.3, 0.4) is 0 Å². The van der Waals surface area contributed by atoms with Crippen molar-refractivity contribution in [2.75, 3.05) is 19.6 Å². The van der Waals surface area contributed by atoms with Gasteiger partial charge in [-0.15, -0.1) is 0 Å². The van der Waals surface area contributed by atoms with Crippen molar-refractivity contribution >= 4 is 21.7 Å². The fourth-order valence-corrected chi connectivity index (χ4v) is 1.98. The van der Waals surface area contributed by atoms with Gasteiger partial charge in [-0.2, -0.15) is 0 Å². The van der Waals surface area contributed by atoms with Crippen LogP contribution in [0.25, 0.3) is 0 Å². The molecule has 1 aliphatic rings. The van der Waals surface area contributed by atoms with Crippen LogP contribution in [0.5, 0.6) is 0 Å². The van der Waals surface area contributed by atoms with Gasteiger partial charge in [-0.05, 0) is 19.5 Å². The number of Topliss-reactive ketones (excluding diaryl/α,β-unsaturated/α-hetero) is 1. The molecule has 3 heteroatoms. The van der Waals surface area contributed by atoms with Gasteiger partial charge in [0.05, 0.1) is 4.83 Å². The second-order valence-electron chi connectivity index (χ2n) is 2.93. The lowest BCUT2D eigenvalue weighted by molar-refractivity contribution is -0.118. The van der Waals surface area contributed by atoms with Gasteiger partial charge < -0.3 is 4.90 Å². The van der Waals surface area contributed by atoms with Gasteiger partial charge in [0.2, 0.25) is 0 Å². The van der Waals surface area contributed by atoms with Crippen molar-refractivity contribution in [2.24, 2.45) is 0 Å². The Balaban J connectivity index is 2.48. The molecular weight excluding hydrogens is 206 g/mol. The predicted octanol–water partition coefficient (Wildman–Crippen LogP) is 1.43. The molecule has 0 aromatic carbocycles. The van der Waals surface area contributed by atoms with Gasteiger partial charge in [0.1, 0.15) is 5.78 Å². The van der Waals surface area contributed by atoms with Gasteiger partial charge in [-0.25, -0.2) is 0 Å².